The molecule has 2 aromatic heterocycles. The van der Waals surface area contributed by atoms with Gasteiger partial charge in [0.05, 0.1) is 22.6 Å². The molecule has 0 aliphatic heterocycles. The van der Waals surface area contributed by atoms with Crippen LogP contribution in [0.4, 0.5) is 5.95 Å². The molecule has 2 heterocycles. The van der Waals surface area contributed by atoms with Crippen LogP contribution < -0.4 is 11.1 Å². The second-order valence-corrected chi connectivity index (χ2v) is 4.72. The highest BCUT2D eigenvalue weighted by Gasteiger charge is 2.17. The summed E-state index contributed by atoms with van der Waals surface area (Å²) in [6.07, 6.45) is 1.58. The van der Waals surface area contributed by atoms with Gasteiger partial charge in [-0.05, 0) is 17.7 Å². The lowest BCUT2D eigenvalue weighted by atomic mass is 10.1. The molecule has 1 aromatic carbocycles. The van der Waals surface area contributed by atoms with Crippen LogP contribution in [-0.2, 0) is 0 Å². The summed E-state index contributed by atoms with van der Waals surface area (Å²) in [6.45, 7) is 0. The Bertz CT molecular complexity index is 810. The van der Waals surface area contributed by atoms with Crippen LogP contribution in [0.15, 0.2) is 48.7 Å². The molecule has 3 rings (SSSR count). The van der Waals surface area contributed by atoms with E-state index in [1.807, 2.05) is 30.3 Å². The minimum absolute atomic E-state index is 0.164. The number of benzene rings is 1. The van der Waals surface area contributed by atoms with E-state index in [9.17, 15) is 4.79 Å². The molecule has 1 amide bonds. The highest BCUT2D eigenvalue weighted by atomic mass is 16.1. The molecule has 3 aromatic rings. The highest BCUT2D eigenvalue weighted by Crippen LogP contribution is 2.28. The van der Waals surface area contributed by atoms with Gasteiger partial charge in [0, 0.05) is 13.2 Å². The minimum Gasteiger partial charge on any atom is -0.368 e. The van der Waals surface area contributed by atoms with Gasteiger partial charge in [0.2, 0.25) is 5.95 Å². The number of rotatable bonds is 3. The van der Waals surface area contributed by atoms with Crippen LogP contribution >= 0.6 is 0 Å². The monoisotopic (exact) mass is 293 g/mol. The highest BCUT2D eigenvalue weighted by molar-refractivity contribution is 6.01. The number of nitrogen functional groups attached to an aromatic ring is 1. The van der Waals surface area contributed by atoms with Crippen LogP contribution in [0.1, 0.15) is 10.4 Å². The van der Waals surface area contributed by atoms with Gasteiger partial charge >= 0.3 is 0 Å². The van der Waals surface area contributed by atoms with Crippen molar-refractivity contribution < 1.29 is 4.79 Å². The fourth-order valence-electron chi connectivity index (χ4n) is 2.26. The zero-order chi connectivity index (χ0) is 15.5. The summed E-state index contributed by atoms with van der Waals surface area (Å²) in [5, 5.41) is 2.65. The van der Waals surface area contributed by atoms with Crippen molar-refractivity contribution in [3.8, 4) is 22.6 Å². The number of nitrogens with two attached hydrogens (primary N) is 1. The Morgan fingerprint density at radius 1 is 1.23 bits per heavy atom. The third-order valence-corrected chi connectivity index (χ3v) is 3.30. The molecule has 0 atom stereocenters. The van der Waals surface area contributed by atoms with E-state index in [0.29, 0.717) is 17.0 Å². The average molecular weight is 293 g/mol. The molecule has 0 aliphatic carbocycles. The van der Waals surface area contributed by atoms with Gasteiger partial charge in [-0.2, -0.15) is 0 Å². The molecular weight excluding hydrogens is 278 g/mol. The molecule has 0 saturated carbocycles. The number of hydrogen-bond donors (Lipinski definition) is 3. The van der Waals surface area contributed by atoms with Gasteiger partial charge in [-0.3, -0.25) is 4.79 Å². The lowest BCUT2D eigenvalue weighted by molar-refractivity contribution is 0.0964. The summed E-state index contributed by atoms with van der Waals surface area (Å²) >= 11 is 0. The number of nitrogens with one attached hydrogen (secondary N) is 2. The van der Waals surface area contributed by atoms with Crippen LogP contribution in [-0.4, -0.2) is 27.9 Å². The number of hydrogen-bond acceptors (Lipinski definition) is 4. The van der Waals surface area contributed by atoms with E-state index < -0.39 is 0 Å². The molecular formula is C16H15N5O. The third-order valence-electron chi connectivity index (χ3n) is 3.30. The maximum absolute atomic E-state index is 12.1. The van der Waals surface area contributed by atoms with Crippen molar-refractivity contribution in [2.75, 3.05) is 12.8 Å². The minimum atomic E-state index is -0.164. The largest absolute Gasteiger partial charge is 0.368 e. The number of carbonyl (C=O) groups is 1. The maximum atomic E-state index is 12.1. The normalized spacial score (nSPS) is 10.4. The first-order chi connectivity index (χ1) is 10.7. The second-order valence-electron chi connectivity index (χ2n) is 4.72. The second kappa shape index (κ2) is 5.69. The first-order valence-electron chi connectivity index (χ1n) is 6.78. The first-order valence-corrected chi connectivity index (χ1v) is 6.78. The van der Waals surface area contributed by atoms with E-state index in [4.69, 9.17) is 5.73 Å². The zero-order valence-electron chi connectivity index (χ0n) is 12.0. The van der Waals surface area contributed by atoms with Crippen molar-refractivity contribution in [1.29, 1.82) is 0 Å². The smallest absolute Gasteiger partial charge is 0.253 e. The Hall–Kier alpha value is -3.15. The summed E-state index contributed by atoms with van der Waals surface area (Å²) in [5.41, 5.74) is 9.20. The lowest BCUT2D eigenvalue weighted by Gasteiger charge is -2.02. The Labute approximate surface area is 127 Å². The summed E-state index contributed by atoms with van der Waals surface area (Å²) < 4.78 is 0. The van der Waals surface area contributed by atoms with E-state index in [1.165, 1.54) is 0 Å². The van der Waals surface area contributed by atoms with Gasteiger partial charge in [-0.1, -0.05) is 30.3 Å². The lowest BCUT2D eigenvalue weighted by Crippen LogP contribution is -2.17. The predicted octanol–water partition coefficient (Wildman–Crippen LogP) is 2.08. The van der Waals surface area contributed by atoms with Gasteiger partial charge in [-0.25, -0.2) is 9.97 Å². The van der Waals surface area contributed by atoms with Crippen molar-refractivity contribution in [1.82, 2.24) is 20.3 Å². The number of H-pyrrole nitrogens is 1. The molecule has 0 aliphatic rings. The SMILES string of the molecule is CNC(=O)c1cc(-c2ccnc(N)n2)[nH]c1-c1ccccc1. The van der Waals surface area contributed by atoms with Crippen LogP contribution in [0.25, 0.3) is 22.6 Å². The number of anilines is 1. The summed E-state index contributed by atoms with van der Waals surface area (Å²) in [6, 6.07) is 13.2. The Kier molecular flexibility index (Phi) is 3.57. The first kappa shape index (κ1) is 13.8. The van der Waals surface area contributed by atoms with Crippen LogP contribution in [0, 0.1) is 0 Å². The number of nitrogens with zero attached hydrogens (tertiary/aromatic N) is 2. The number of carbonyl (C=O) groups excluding carboxylic acids is 1. The van der Waals surface area contributed by atoms with Gasteiger partial charge in [-0.15, -0.1) is 0 Å². The summed E-state index contributed by atoms with van der Waals surface area (Å²) in [7, 11) is 1.60. The molecule has 4 N–H and O–H groups in total. The summed E-state index contributed by atoms with van der Waals surface area (Å²) in [5.74, 6) is 0.0261. The number of aromatic nitrogens is 3. The van der Waals surface area contributed by atoms with Gasteiger partial charge in [0.1, 0.15) is 0 Å². The molecule has 6 nitrogen and oxygen atoms in total. The molecule has 0 unspecified atom stereocenters. The molecule has 0 saturated heterocycles. The van der Waals surface area contributed by atoms with E-state index in [0.717, 1.165) is 11.3 Å². The van der Waals surface area contributed by atoms with E-state index in [2.05, 4.69) is 20.3 Å². The molecule has 6 heteroatoms. The van der Waals surface area contributed by atoms with Crippen molar-refractivity contribution in [2.24, 2.45) is 0 Å². The van der Waals surface area contributed by atoms with E-state index in [-0.39, 0.29) is 11.9 Å². The molecule has 110 valence electrons. The molecule has 0 radical (unpaired) electrons. The van der Waals surface area contributed by atoms with Crippen LogP contribution in [0.5, 0.6) is 0 Å². The maximum Gasteiger partial charge on any atom is 0.253 e. The molecule has 22 heavy (non-hydrogen) atoms. The Morgan fingerprint density at radius 2 is 2.00 bits per heavy atom. The quantitative estimate of drug-likeness (QED) is 0.688. The summed E-state index contributed by atoms with van der Waals surface area (Å²) in [4.78, 5) is 23.4. The number of amides is 1. The molecule has 0 spiro atoms. The van der Waals surface area contributed by atoms with E-state index >= 15 is 0 Å². The molecule has 0 bridgehead atoms. The fourth-order valence-corrected chi connectivity index (χ4v) is 2.26. The van der Waals surface area contributed by atoms with Gasteiger partial charge < -0.3 is 16.0 Å². The molecule has 0 fully saturated rings. The zero-order valence-corrected chi connectivity index (χ0v) is 12.0. The van der Waals surface area contributed by atoms with Crippen molar-refractivity contribution >= 4 is 11.9 Å². The average Bonchev–Trinajstić information content (AvgIpc) is 3.00. The van der Waals surface area contributed by atoms with Crippen molar-refractivity contribution in [3.63, 3.8) is 0 Å². The number of aromatic amines is 1. The topological polar surface area (TPSA) is 96.7 Å². The van der Waals surface area contributed by atoms with Crippen molar-refractivity contribution in [3.05, 3.63) is 54.2 Å². The van der Waals surface area contributed by atoms with Crippen LogP contribution in [0.3, 0.4) is 0 Å². The van der Waals surface area contributed by atoms with E-state index in [1.54, 1.807) is 25.4 Å². The van der Waals surface area contributed by atoms with Crippen LogP contribution in [0.2, 0.25) is 0 Å². The van der Waals surface area contributed by atoms with Gasteiger partial charge in [0.25, 0.3) is 5.91 Å². The Morgan fingerprint density at radius 3 is 2.68 bits per heavy atom. The van der Waals surface area contributed by atoms with Gasteiger partial charge in [0.15, 0.2) is 0 Å². The third kappa shape index (κ3) is 2.54. The van der Waals surface area contributed by atoms with Crippen molar-refractivity contribution in [2.45, 2.75) is 0 Å². The Balaban J connectivity index is 2.15. The predicted molar refractivity (Wildman–Crippen MR) is 85.1 cm³/mol. The standard InChI is InChI=1S/C16H15N5O/c1-18-15(22)11-9-13(12-7-8-19-16(17)21-12)20-14(11)10-5-3-2-4-6-10/h2-9,20H,1H3,(H,18,22)(H2,17,19,21). The fraction of sp³-hybridized carbons (Fsp3) is 0.0625.